The Morgan fingerprint density at radius 1 is 1.47 bits per heavy atom. The minimum absolute atomic E-state index is 0.0720. The normalized spacial score (nSPS) is 19.0. The lowest BCUT2D eigenvalue weighted by Crippen LogP contribution is -2.38. The minimum atomic E-state index is 0.0720. The number of hydrogen-bond donors (Lipinski definition) is 0. The minimum Gasteiger partial charge on any atom is -0.334 e. The Morgan fingerprint density at radius 3 is 3.05 bits per heavy atom. The Hall–Kier alpha value is -2.11. The van der Waals surface area contributed by atoms with Crippen LogP contribution in [0.15, 0.2) is 30.9 Å². The van der Waals surface area contributed by atoms with Crippen molar-refractivity contribution in [1.29, 1.82) is 0 Å². The molecule has 1 aliphatic rings. The van der Waals surface area contributed by atoms with Crippen molar-refractivity contribution in [2.24, 2.45) is 7.05 Å². The molecule has 6 heteroatoms. The van der Waals surface area contributed by atoms with Crippen LogP contribution in [0.1, 0.15) is 23.2 Å². The Kier molecular flexibility index (Phi) is 3.06. The van der Waals surface area contributed by atoms with Crippen LogP contribution < -0.4 is 0 Å². The van der Waals surface area contributed by atoms with Gasteiger partial charge < -0.3 is 4.90 Å². The summed E-state index contributed by atoms with van der Waals surface area (Å²) in [5, 5.41) is 8.27. The van der Waals surface area contributed by atoms with E-state index < -0.39 is 0 Å². The summed E-state index contributed by atoms with van der Waals surface area (Å²) in [6, 6.07) is 2.13. The largest absolute Gasteiger partial charge is 0.334 e. The molecule has 19 heavy (non-hydrogen) atoms. The molecule has 1 amide bonds. The van der Waals surface area contributed by atoms with Crippen LogP contribution in [-0.2, 0) is 13.6 Å². The average Bonchev–Trinajstić information content (AvgIpc) is 3.10. The van der Waals surface area contributed by atoms with E-state index in [-0.39, 0.29) is 11.9 Å². The van der Waals surface area contributed by atoms with Crippen LogP contribution in [0.3, 0.4) is 0 Å². The number of likely N-dealkylation sites (tertiary alicyclic amines) is 1. The third-order valence-corrected chi connectivity index (χ3v) is 3.55. The summed E-state index contributed by atoms with van der Waals surface area (Å²) in [6.07, 6.45) is 9.19. The maximum absolute atomic E-state index is 12.4. The lowest BCUT2D eigenvalue weighted by atomic mass is 10.2. The maximum Gasteiger partial charge on any atom is 0.257 e. The average molecular weight is 259 g/mol. The fourth-order valence-corrected chi connectivity index (χ4v) is 2.61. The summed E-state index contributed by atoms with van der Waals surface area (Å²) in [5.41, 5.74) is 0.662. The zero-order valence-corrected chi connectivity index (χ0v) is 10.9. The van der Waals surface area contributed by atoms with Crippen LogP contribution in [0.2, 0.25) is 0 Å². The molecule has 2 aromatic rings. The molecule has 2 aromatic heterocycles. The van der Waals surface area contributed by atoms with Gasteiger partial charge in [-0.25, -0.2) is 0 Å². The first-order chi connectivity index (χ1) is 9.24. The monoisotopic (exact) mass is 259 g/mol. The molecular formula is C13H17N5O. The second kappa shape index (κ2) is 4.87. The van der Waals surface area contributed by atoms with E-state index in [1.807, 2.05) is 28.9 Å². The zero-order chi connectivity index (χ0) is 13.2. The molecule has 0 saturated carbocycles. The predicted molar refractivity (Wildman–Crippen MR) is 69.5 cm³/mol. The Labute approximate surface area is 111 Å². The highest BCUT2D eigenvalue weighted by atomic mass is 16.2. The molecule has 0 radical (unpaired) electrons. The number of amides is 1. The van der Waals surface area contributed by atoms with Crippen molar-refractivity contribution in [3.05, 3.63) is 36.4 Å². The molecule has 1 saturated heterocycles. The molecule has 100 valence electrons. The standard InChI is InChI=1S/C13H17N5O/c1-16-9-11(8-15-16)13(19)18-7-2-4-12(18)10-17-6-3-5-14-17/h3,5-6,8-9,12H,2,4,7,10H2,1H3/t12-/m0/s1. The Morgan fingerprint density at radius 2 is 2.37 bits per heavy atom. The molecule has 1 atom stereocenters. The second-order valence-corrected chi connectivity index (χ2v) is 4.93. The topological polar surface area (TPSA) is 56.0 Å². The smallest absolute Gasteiger partial charge is 0.257 e. The van der Waals surface area contributed by atoms with Crippen LogP contribution in [0.4, 0.5) is 0 Å². The van der Waals surface area contributed by atoms with Crippen LogP contribution in [0.5, 0.6) is 0 Å². The van der Waals surface area contributed by atoms with Crippen molar-refractivity contribution in [3.8, 4) is 0 Å². The Balaban J connectivity index is 1.74. The molecule has 1 aliphatic heterocycles. The number of aromatic nitrogens is 4. The number of hydrogen-bond acceptors (Lipinski definition) is 3. The molecule has 0 bridgehead atoms. The summed E-state index contributed by atoms with van der Waals surface area (Å²) in [7, 11) is 1.82. The molecule has 0 aromatic carbocycles. The van der Waals surface area contributed by atoms with Gasteiger partial charge >= 0.3 is 0 Å². The van der Waals surface area contributed by atoms with Crippen LogP contribution >= 0.6 is 0 Å². The van der Waals surface area contributed by atoms with E-state index >= 15 is 0 Å². The van der Waals surface area contributed by atoms with E-state index in [9.17, 15) is 4.79 Å². The SMILES string of the molecule is Cn1cc(C(=O)N2CCC[C@H]2Cn2cccn2)cn1. The summed E-state index contributed by atoms with van der Waals surface area (Å²) >= 11 is 0. The first kappa shape index (κ1) is 12.0. The molecule has 0 spiro atoms. The van der Waals surface area contributed by atoms with Crippen molar-refractivity contribution in [1.82, 2.24) is 24.5 Å². The predicted octanol–water partition coefficient (Wildman–Crippen LogP) is 0.921. The number of rotatable bonds is 3. The molecule has 0 unspecified atom stereocenters. The molecule has 0 aliphatic carbocycles. The third-order valence-electron chi connectivity index (χ3n) is 3.55. The maximum atomic E-state index is 12.4. The van der Waals surface area contributed by atoms with Gasteiger partial charge in [0.05, 0.1) is 24.3 Å². The number of carbonyl (C=O) groups is 1. The van der Waals surface area contributed by atoms with E-state index in [1.54, 1.807) is 23.3 Å². The Bertz CT molecular complexity index is 559. The second-order valence-electron chi connectivity index (χ2n) is 4.93. The zero-order valence-electron chi connectivity index (χ0n) is 10.9. The van der Waals surface area contributed by atoms with E-state index in [4.69, 9.17) is 0 Å². The molecule has 6 nitrogen and oxygen atoms in total. The first-order valence-corrected chi connectivity index (χ1v) is 6.51. The van der Waals surface area contributed by atoms with Crippen molar-refractivity contribution in [2.75, 3.05) is 6.54 Å². The number of aryl methyl sites for hydroxylation is 1. The van der Waals surface area contributed by atoms with Gasteiger partial charge in [-0.1, -0.05) is 0 Å². The van der Waals surface area contributed by atoms with Crippen molar-refractivity contribution < 1.29 is 4.79 Å². The van der Waals surface area contributed by atoms with Crippen LogP contribution in [0, 0.1) is 0 Å². The van der Waals surface area contributed by atoms with Gasteiger partial charge in [0.25, 0.3) is 5.91 Å². The van der Waals surface area contributed by atoms with E-state index in [0.29, 0.717) is 5.56 Å². The third kappa shape index (κ3) is 2.38. The summed E-state index contributed by atoms with van der Waals surface area (Å²) in [6.45, 7) is 1.58. The fourth-order valence-electron chi connectivity index (χ4n) is 2.61. The molecule has 3 heterocycles. The molecule has 3 rings (SSSR count). The molecule has 0 N–H and O–H groups in total. The first-order valence-electron chi connectivity index (χ1n) is 6.51. The highest BCUT2D eigenvalue weighted by Gasteiger charge is 2.30. The molecule has 1 fully saturated rings. The van der Waals surface area contributed by atoms with Gasteiger partial charge in [-0.2, -0.15) is 10.2 Å². The van der Waals surface area contributed by atoms with Gasteiger partial charge in [-0.05, 0) is 18.9 Å². The summed E-state index contributed by atoms with van der Waals surface area (Å²) < 4.78 is 3.55. The van der Waals surface area contributed by atoms with Gasteiger partial charge in [-0.3, -0.25) is 14.2 Å². The van der Waals surface area contributed by atoms with E-state index in [2.05, 4.69) is 10.2 Å². The number of nitrogens with zero attached hydrogens (tertiary/aromatic N) is 5. The lowest BCUT2D eigenvalue weighted by molar-refractivity contribution is 0.0721. The van der Waals surface area contributed by atoms with Gasteiger partial charge in [0.1, 0.15) is 0 Å². The summed E-state index contributed by atoms with van der Waals surface area (Å²) in [4.78, 5) is 14.4. The van der Waals surface area contributed by atoms with Gasteiger partial charge in [-0.15, -0.1) is 0 Å². The van der Waals surface area contributed by atoms with Gasteiger partial charge in [0, 0.05) is 32.2 Å². The van der Waals surface area contributed by atoms with E-state index in [0.717, 1.165) is 25.9 Å². The van der Waals surface area contributed by atoms with Crippen molar-refractivity contribution in [2.45, 2.75) is 25.4 Å². The highest BCUT2D eigenvalue weighted by Crippen LogP contribution is 2.21. The van der Waals surface area contributed by atoms with Crippen molar-refractivity contribution >= 4 is 5.91 Å². The fraction of sp³-hybridized carbons (Fsp3) is 0.462. The highest BCUT2D eigenvalue weighted by molar-refractivity contribution is 5.94. The summed E-state index contributed by atoms with van der Waals surface area (Å²) in [5.74, 6) is 0.0720. The van der Waals surface area contributed by atoms with Crippen LogP contribution in [0.25, 0.3) is 0 Å². The quantitative estimate of drug-likeness (QED) is 0.823. The van der Waals surface area contributed by atoms with Crippen LogP contribution in [-0.4, -0.2) is 43.0 Å². The van der Waals surface area contributed by atoms with E-state index in [1.165, 1.54) is 0 Å². The lowest BCUT2D eigenvalue weighted by Gasteiger charge is -2.24. The van der Waals surface area contributed by atoms with Gasteiger partial charge in [0.15, 0.2) is 0 Å². The van der Waals surface area contributed by atoms with Gasteiger partial charge in [0.2, 0.25) is 0 Å². The van der Waals surface area contributed by atoms with Crippen molar-refractivity contribution in [3.63, 3.8) is 0 Å². The number of carbonyl (C=O) groups excluding carboxylic acids is 1. The molecular weight excluding hydrogens is 242 g/mol.